The maximum Gasteiger partial charge on any atom is 0.257 e. The van der Waals surface area contributed by atoms with Crippen molar-refractivity contribution >= 4 is 11.9 Å². The summed E-state index contributed by atoms with van der Waals surface area (Å²) < 4.78 is 0. The predicted octanol–water partition coefficient (Wildman–Crippen LogP) is 4.85. The van der Waals surface area contributed by atoms with E-state index >= 15 is 0 Å². The molecule has 5 nitrogen and oxygen atoms in total. The van der Waals surface area contributed by atoms with Gasteiger partial charge in [0.1, 0.15) is 5.54 Å². The van der Waals surface area contributed by atoms with Crippen molar-refractivity contribution in [1.82, 2.24) is 10.2 Å². The van der Waals surface area contributed by atoms with Gasteiger partial charge in [0.05, 0.1) is 0 Å². The molecule has 0 bridgehead atoms. The average molecular weight is 407 g/mol. The van der Waals surface area contributed by atoms with Gasteiger partial charge in [-0.25, -0.2) is 4.99 Å². The first-order chi connectivity index (χ1) is 14.0. The Morgan fingerprint density at radius 1 is 1.21 bits per heavy atom. The molecule has 29 heavy (non-hydrogen) atoms. The molecule has 168 valence electrons. The fourth-order valence-electron chi connectivity index (χ4n) is 5.27. The number of carbonyl (C=O) groups is 1. The first-order valence-electron chi connectivity index (χ1n) is 12.3. The SMILES string of the molecule is CCCCN[C@@H]1CCC[C@@H](C[C@@]2(CCC(CC)CCCC)N=C(N)N(C)C2=O)C1. The van der Waals surface area contributed by atoms with E-state index < -0.39 is 5.54 Å². The van der Waals surface area contributed by atoms with Crippen molar-refractivity contribution in [3.05, 3.63) is 0 Å². The number of nitrogens with one attached hydrogen (secondary N) is 1. The molecule has 1 saturated carbocycles. The lowest BCUT2D eigenvalue weighted by Gasteiger charge is -2.35. The topological polar surface area (TPSA) is 70.7 Å². The summed E-state index contributed by atoms with van der Waals surface area (Å²) in [6.07, 6.45) is 15.1. The number of rotatable bonds is 13. The molecule has 5 heteroatoms. The highest BCUT2D eigenvalue weighted by molar-refractivity contribution is 6.06. The summed E-state index contributed by atoms with van der Waals surface area (Å²) in [4.78, 5) is 19.6. The molecule has 4 atom stereocenters. The second kappa shape index (κ2) is 11.9. The number of guanidine groups is 1. The normalized spacial score (nSPS) is 28.6. The van der Waals surface area contributed by atoms with Crippen LogP contribution in [0.15, 0.2) is 4.99 Å². The molecular formula is C24H46N4O. The summed E-state index contributed by atoms with van der Waals surface area (Å²) in [5.41, 5.74) is 5.50. The van der Waals surface area contributed by atoms with Crippen LogP contribution < -0.4 is 11.1 Å². The Balaban J connectivity index is 2.04. The van der Waals surface area contributed by atoms with E-state index in [4.69, 9.17) is 10.7 Å². The highest BCUT2D eigenvalue weighted by Crippen LogP contribution is 2.39. The van der Waals surface area contributed by atoms with Crippen molar-refractivity contribution in [2.45, 2.75) is 116 Å². The number of likely N-dealkylation sites (N-methyl/N-ethyl adjacent to an activating group) is 1. The van der Waals surface area contributed by atoms with Crippen molar-refractivity contribution < 1.29 is 4.79 Å². The fourth-order valence-corrected chi connectivity index (χ4v) is 5.27. The van der Waals surface area contributed by atoms with Crippen LogP contribution in [-0.2, 0) is 4.79 Å². The van der Waals surface area contributed by atoms with E-state index in [1.54, 1.807) is 11.9 Å². The Morgan fingerprint density at radius 2 is 1.97 bits per heavy atom. The molecule has 0 saturated heterocycles. The number of hydrogen-bond acceptors (Lipinski definition) is 4. The molecule has 2 aliphatic rings. The molecule has 1 heterocycles. The minimum Gasteiger partial charge on any atom is -0.369 e. The van der Waals surface area contributed by atoms with E-state index in [0.29, 0.717) is 23.8 Å². The van der Waals surface area contributed by atoms with Gasteiger partial charge in [-0.05, 0) is 56.9 Å². The van der Waals surface area contributed by atoms with Gasteiger partial charge in [-0.1, -0.05) is 65.7 Å². The standard InChI is InChI=1S/C24H46N4O/c1-5-8-11-19(7-3)14-15-24(22(29)28(4)23(25)27-24)18-20-12-10-13-21(17-20)26-16-9-6-2/h19-21,26H,5-18H2,1-4H3,(H2,25,27)/t19?,20-,21-,24-/m1/s1. The minimum atomic E-state index is -0.617. The lowest BCUT2D eigenvalue weighted by molar-refractivity contribution is -0.131. The van der Waals surface area contributed by atoms with Crippen molar-refractivity contribution in [1.29, 1.82) is 0 Å². The summed E-state index contributed by atoms with van der Waals surface area (Å²) in [6, 6.07) is 0.598. The van der Waals surface area contributed by atoms with Crippen LogP contribution in [0.2, 0.25) is 0 Å². The lowest BCUT2D eigenvalue weighted by Crippen LogP contribution is -2.45. The van der Waals surface area contributed by atoms with Gasteiger partial charge in [0.2, 0.25) is 0 Å². The number of hydrogen-bond donors (Lipinski definition) is 2. The predicted molar refractivity (Wildman–Crippen MR) is 123 cm³/mol. The summed E-state index contributed by atoms with van der Waals surface area (Å²) in [5, 5.41) is 3.75. The zero-order valence-corrected chi connectivity index (χ0v) is 19.5. The van der Waals surface area contributed by atoms with Gasteiger partial charge in [0.15, 0.2) is 5.96 Å². The van der Waals surface area contributed by atoms with E-state index in [1.807, 2.05) is 0 Å². The van der Waals surface area contributed by atoms with Crippen LogP contribution in [0.3, 0.4) is 0 Å². The Bertz CT molecular complexity index is 535. The summed E-state index contributed by atoms with van der Waals surface area (Å²) in [5.74, 6) is 1.79. The summed E-state index contributed by atoms with van der Waals surface area (Å²) >= 11 is 0. The third-order valence-corrected chi connectivity index (χ3v) is 7.26. The Labute approximate surface area is 179 Å². The van der Waals surface area contributed by atoms with Crippen LogP contribution in [0.25, 0.3) is 0 Å². The number of unbranched alkanes of at least 4 members (excludes halogenated alkanes) is 2. The molecular weight excluding hydrogens is 360 g/mol. The first kappa shape index (κ1) is 24.2. The monoisotopic (exact) mass is 406 g/mol. The molecule has 0 aromatic carbocycles. The second-order valence-corrected chi connectivity index (χ2v) is 9.56. The van der Waals surface area contributed by atoms with Crippen molar-refractivity contribution in [3.8, 4) is 0 Å². The van der Waals surface area contributed by atoms with Crippen LogP contribution in [0.5, 0.6) is 0 Å². The quantitative estimate of drug-likeness (QED) is 0.430. The number of nitrogens with zero attached hydrogens (tertiary/aromatic N) is 2. The molecule has 0 spiro atoms. The third-order valence-electron chi connectivity index (χ3n) is 7.26. The van der Waals surface area contributed by atoms with Gasteiger partial charge in [0, 0.05) is 13.1 Å². The Morgan fingerprint density at radius 3 is 2.59 bits per heavy atom. The molecule has 1 aliphatic heterocycles. The van der Waals surface area contributed by atoms with Crippen molar-refractivity contribution in [2.24, 2.45) is 22.6 Å². The van der Waals surface area contributed by atoms with Crippen LogP contribution in [0.4, 0.5) is 0 Å². The third kappa shape index (κ3) is 6.70. The van der Waals surface area contributed by atoms with Crippen LogP contribution >= 0.6 is 0 Å². The second-order valence-electron chi connectivity index (χ2n) is 9.56. The molecule has 1 aliphatic carbocycles. The maximum atomic E-state index is 13.2. The molecule has 0 radical (unpaired) electrons. The van der Waals surface area contributed by atoms with E-state index in [2.05, 4.69) is 26.1 Å². The van der Waals surface area contributed by atoms with Gasteiger partial charge in [-0.2, -0.15) is 0 Å². The van der Waals surface area contributed by atoms with Gasteiger partial charge >= 0.3 is 0 Å². The number of nitrogens with two attached hydrogens (primary N) is 1. The van der Waals surface area contributed by atoms with E-state index in [0.717, 1.165) is 25.8 Å². The van der Waals surface area contributed by atoms with Gasteiger partial charge in [-0.15, -0.1) is 0 Å². The lowest BCUT2D eigenvalue weighted by atomic mass is 9.74. The molecule has 2 rings (SSSR count). The van der Waals surface area contributed by atoms with E-state index in [9.17, 15) is 4.79 Å². The van der Waals surface area contributed by atoms with Crippen LogP contribution in [-0.4, -0.2) is 41.9 Å². The first-order valence-corrected chi connectivity index (χ1v) is 12.3. The Hall–Kier alpha value is -1.10. The molecule has 3 N–H and O–H groups in total. The summed E-state index contributed by atoms with van der Waals surface area (Å²) in [7, 11) is 1.79. The summed E-state index contributed by atoms with van der Waals surface area (Å²) in [6.45, 7) is 7.88. The Kier molecular flexibility index (Phi) is 9.94. The van der Waals surface area contributed by atoms with E-state index in [-0.39, 0.29) is 5.91 Å². The highest BCUT2D eigenvalue weighted by Gasteiger charge is 2.47. The number of amides is 1. The minimum absolute atomic E-state index is 0.126. The largest absolute Gasteiger partial charge is 0.369 e. The molecule has 0 aromatic rings. The highest BCUT2D eigenvalue weighted by atomic mass is 16.2. The van der Waals surface area contributed by atoms with Gasteiger partial charge in [-0.3, -0.25) is 9.69 Å². The fraction of sp³-hybridized carbons (Fsp3) is 0.917. The molecule has 1 amide bonds. The van der Waals surface area contributed by atoms with Crippen LogP contribution in [0.1, 0.15) is 104 Å². The number of carbonyl (C=O) groups excluding carboxylic acids is 1. The number of aliphatic imine (C=N–C) groups is 1. The van der Waals surface area contributed by atoms with Crippen molar-refractivity contribution in [2.75, 3.05) is 13.6 Å². The van der Waals surface area contributed by atoms with Crippen molar-refractivity contribution in [3.63, 3.8) is 0 Å². The molecule has 1 unspecified atom stereocenters. The maximum absolute atomic E-state index is 13.2. The zero-order chi connectivity index (χ0) is 21.3. The van der Waals surface area contributed by atoms with Crippen LogP contribution in [0, 0.1) is 11.8 Å². The van der Waals surface area contributed by atoms with Gasteiger partial charge in [0.25, 0.3) is 5.91 Å². The van der Waals surface area contributed by atoms with E-state index in [1.165, 1.54) is 64.2 Å². The van der Waals surface area contributed by atoms with Gasteiger partial charge < -0.3 is 11.1 Å². The smallest absolute Gasteiger partial charge is 0.257 e. The molecule has 1 fully saturated rings. The average Bonchev–Trinajstić information content (AvgIpc) is 2.92. The molecule has 0 aromatic heterocycles. The zero-order valence-electron chi connectivity index (χ0n) is 19.5.